The van der Waals surface area contributed by atoms with E-state index in [0.29, 0.717) is 18.4 Å². The molecule has 76 valence electrons. The van der Waals surface area contributed by atoms with Crippen molar-refractivity contribution in [1.82, 2.24) is 4.98 Å². The van der Waals surface area contributed by atoms with Crippen LogP contribution in [0.3, 0.4) is 0 Å². The Kier molecular flexibility index (Phi) is 2.63. The number of aliphatic hydroxyl groups is 1. The average Bonchev–Trinajstić information content (AvgIpc) is 2.98. The van der Waals surface area contributed by atoms with Crippen LogP contribution >= 0.6 is 0 Å². The van der Waals surface area contributed by atoms with Crippen LogP contribution in [-0.4, -0.2) is 16.7 Å². The molecule has 0 unspecified atom stereocenters. The molecule has 1 aromatic rings. The number of hydrogen-bond acceptors (Lipinski definition) is 3. The monoisotopic (exact) mass is 197 g/mol. The van der Waals surface area contributed by atoms with Crippen molar-refractivity contribution in [2.24, 2.45) is 5.92 Å². The number of aliphatic hydroxyl groups excluding tert-OH is 1. The van der Waals surface area contributed by atoms with Gasteiger partial charge in [-0.1, -0.05) is 0 Å². The molecule has 1 heterocycles. The van der Waals surface area contributed by atoms with Crippen LogP contribution in [0.1, 0.15) is 18.4 Å². The summed E-state index contributed by atoms with van der Waals surface area (Å²) < 4.78 is 18.4. The van der Waals surface area contributed by atoms with Gasteiger partial charge in [0.15, 0.2) is 0 Å². The first-order valence-electron chi connectivity index (χ1n) is 4.67. The number of halogens is 1. The second-order valence-corrected chi connectivity index (χ2v) is 3.53. The molecule has 0 amide bonds. The molecule has 0 bridgehead atoms. The quantitative estimate of drug-likeness (QED) is 0.795. The molecule has 2 rings (SSSR count). The Labute approximate surface area is 81.5 Å². The second kappa shape index (κ2) is 3.92. The van der Waals surface area contributed by atoms with Crippen molar-refractivity contribution >= 4 is 0 Å². The molecular formula is C10H12FNO2. The molecule has 1 aliphatic rings. The first-order chi connectivity index (χ1) is 6.79. The molecule has 0 spiro atoms. The SMILES string of the molecule is OCc1cnc(OCC2CC2)cc1F. The molecule has 0 saturated heterocycles. The Bertz CT molecular complexity index is 326. The third-order valence-corrected chi connectivity index (χ3v) is 2.24. The highest BCUT2D eigenvalue weighted by Crippen LogP contribution is 2.29. The summed E-state index contributed by atoms with van der Waals surface area (Å²) in [5, 5.41) is 8.72. The van der Waals surface area contributed by atoms with Crippen LogP contribution in [0.2, 0.25) is 0 Å². The highest BCUT2D eigenvalue weighted by molar-refractivity contribution is 5.19. The molecule has 14 heavy (non-hydrogen) atoms. The zero-order valence-electron chi connectivity index (χ0n) is 7.74. The van der Waals surface area contributed by atoms with E-state index in [2.05, 4.69) is 4.98 Å². The molecular weight excluding hydrogens is 185 g/mol. The van der Waals surface area contributed by atoms with E-state index in [1.54, 1.807) is 0 Å². The van der Waals surface area contributed by atoms with Crippen LogP contribution in [0.5, 0.6) is 5.88 Å². The minimum atomic E-state index is -0.465. The third kappa shape index (κ3) is 2.20. The Balaban J connectivity index is 1.99. The lowest BCUT2D eigenvalue weighted by Gasteiger charge is -2.05. The maximum absolute atomic E-state index is 13.1. The topological polar surface area (TPSA) is 42.4 Å². The smallest absolute Gasteiger partial charge is 0.216 e. The van der Waals surface area contributed by atoms with Gasteiger partial charge in [0.25, 0.3) is 0 Å². The molecule has 0 radical (unpaired) electrons. The van der Waals surface area contributed by atoms with E-state index in [1.807, 2.05) is 0 Å². The van der Waals surface area contributed by atoms with Gasteiger partial charge in [-0.15, -0.1) is 0 Å². The number of ether oxygens (including phenoxy) is 1. The molecule has 3 nitrogen and oxygen atoms in total. The fourth-order valence-electron chi connectivity index (χ4n) is 1.12. The van der Waals surface area contributed by atoms with E-state index in [-0.39, 0.29) is 12.2 Å². The lowest BCUT2D eigenvalue weighted by Crippen LogP contribution is -2.02. The molecule has 4 heteroatoms. The molecule has 1 N–H and O–H groups in total. The van der Waals surface area contributed by atoms with Crippen molar-refractivity contribution < 1.29 is 14.2 Å². The second-order valence-electron chi connectivity index (χ2n) is 3.53. The normalized spacial score (nSPS) is 15.6. The van der Waals surface area contributed by atoms with Gasteiger partial charge in [0.1, 0.15) is 5.82 Å². The molecule has 0 aliphatic heterocycles. The van der Waals surface area contributed by atoms with Crippen LogP contribution in [0.25, 0.3) is 0 Å². The van der Waals surface area contributed by atoms with Gasteiger partial charge < -0.3 is 9.84 Å². The van der Waals surface area contributed by atoms with E-state index in [0.717, 1.165) is 0 Å². The predicted octanol–water partition coefficient (Wildman–Crippen LogP) is 1.50. The van der Waals surface area contributed by atoms with Gasteiger partial charge >= 0.3 is 0 Å². The minimum Gasteiger partial charge on any atom is -0.477 e. The number of nitrogens with zero attached hydrogens (tertiary/aromatic N) is 1. The summed E-state index contributed by atoms with van der Waals surface area (Å²) in [6, 6.07) is 1.22. The Morgan fingerprint density at radius 1 is 1.57 bits per heavy atom. The van der Waals surface area contributed by atoms with Gasteiger partial charge in [-0.2, -0.15) is 0 Å². The van der Waals surface area contributed by atoms with Crippen LogP contribution < -0.4 is 4.74 Å². The summed E-state index contributed by atoms with van der Waals surface area (Å²) in [5.74, 6) is 0.456. The van der Waals surface area contributed by atoms with Crippen molar-refractivity contribution in [3.8, 4) is 5.88 Å². The molecule has 0 atom stereocenters. The van der Waals surface area contributed by atoms with Crippen LogP contribution in [0.4, 0.5) is 4.39 Å². The van der Waals surface area contributed by atoms with Gasteiger partial charge in [0.05, 0.1) is 13.2 Å². The summed E-state index contributed by atoms with van der Waals surface area (Å²) in [6.07, 6.45) is 3.69. The summed E-state index contributed by atoms with van der Waals surface area (Å²) in [7, 11) is 0. The van der Waals surface area contributed by atoms with Crippen molar-refractivity contribution in [3.63, 3.8) is 0 Å². The molecule has 1 aliphatic carbocycles. The fraction of sp³-hybridized carbons (Fsp3) is 0.500. The molecule has 0 aromatic carbocycles. The maximum Gasteiger partial charge on any atom is 0.216 e. The summed E-state index contributed by atoms with van der Waals surface area (Å²) in [6.45, 7) is 0.284. The van der Waals surface area contributed by atoms with Crippen molar-refractivity contribution in [3.05, 3.63) is 23.6 Å². The first-order valence-corrected chi connectivity index (χ1v) is 4.67. The van der Waals surface area contributed by atoms with E-state index in [4.69, 9.17) is 9.84 Å². The highest BCUT2D eigenvalue weighted by Gasteiger charge is 2.22. The number of aromatic nitrogens is 1. The van der Waals surface area contributed by atoms with Crippen molar-refractivity contribution in [2.45, 2.75) is 19.4 Å². The van der Waals surface area contributed by atoms with Gasteiger partial charge in [0, 0.05) is 17.8 Å². The fourth-order valence-corrected chi connectivity index (χ4v) is 1.12. The van der Waals surface area contributed by atoms with Gasteiger partial charge in [-0.3, -0.25) is 0 Å². The van der Waals surface area contributed by atoms with Crippen LogP contribution in [0.15, 0.2) is 12.3 Å². The predicted molar refractivity (Wildman–Crippen MR) is 48.3 cm³/mol. The van der Waals surface area contributed by atoms with Gasteiger partial charge in [-0.25, -0.2) is 9.37 Å². The largest absolute Gasteiger partial charge is 0.477 e. The van der Waals surface area contributed by atoms with E-state index >= 15 is 0 Å². The zero-order chi connectivity index (χ0) is 9.97. The number of hydrogen-bond donors (Lipinski definition) is 1. The summed E-state index contributed by atoms with van der Waals surface area (Å²) >= 11 is 0. The lowest BCUT2D eigenvalue weighted by atomic mass is 10.3. The number of pyridine rings is 1. The van der Waals surface area contributed by atoms with Crippen LogP contribution in [0, 0.1) is 11.7 Å². The highest BCUT2D eigenvalue weighted by atomic mass is 19.1. The molecule has 1 saturated carbocycles. The van der Waals surface area contributed by atoms with Crippen molar-refractivity contribution in [2.75, 3.05) is 6.61 Å². The Hall–Kier alpha value is -1.16. The van der Waals surface area contributed by atoms with Gasteiger partial charge in [0.2, 0.25) is 5.88 Å². The minimum absolute atomic E-state index is 0.198. The molecule has 1 fully saturated rings. The standard InChI is InChI=1S/C10H12FNO2/c11-9-3-10(12-4-8(9)5-13)14-6-7-1-2-7/h3-4,7,13H,1-2,5-6H2. The summed E-state index contributed by atoms with van der Waals surface area (Å²) in [4.78, 5) is 3.89. The number of rotatable bonds is 4. The lowest BCUT2D eigenvalue weighted by molar-refractivity contribution is 0.269. The molecule has 1 aromatic heterocycles. The van der Waals surface area contributed by atoms with E-state index < -0.39 is 5.82 Å². The summed E-state index contributed by atoms with van der Waals surface area (Å²) in [5.41, 5.74) is 0.198. The van der Waals surface area contributed by atoms with Crippen LogP contribution in [-0.2, 0) is 6.61 Å². The van der Waals surface area contributed by atoms with Gasteiger partial charge in [-0.05, 0) is 18.8 Å². The maximum atomic E-state index is 13.1. The first kappa shape index (κ1) is 9.40. The third-order valence-electron chi connectivity index (χ3n) is 2.24. The Morgan fingerprint density at radius 3 is 2.93 bits per heavy atom. The Morgan fingerprint density at radius 2 is 2.36 bits per heavy atom. The van der Waals surface area contributed by atoms with E-state index in [1.165, 1.54) is 25.1 Å². The van der Waals surface area contributed by atoms with E-state index in [9.17, 15) is 4.39 Å². The zero-order valence-corrected chi connectivity index (χ0v) is 7.74. The average molecular weight is 197 g/mol. The van der Waals surface area contributed by atoms with Crippen molar-refractivity contribution in [1.29, 1.82) is 0 Å².